The number of likely N-dealkylation sites (tertiary alicyclic amines) is 1. The Balaban J connectivity index is 1.18. The maximum atomic E-state index is 13.3. The van der Waals surface area contributed by atoms with E-state index in [9.17, 15) is 4.79 Å². The number of carbonyl (C=O) groups excluding carboxylic acids is 1. The highest BCUT2D eigenvalue weighted by Crippen LogP contribution is 2.35. The summed E-state index contributed by atoms with van der Waals surface area (Å²) in [6, 6.07) is 16.6. The van der Waals surface area contributed by atoms with Crippen LogP contribution in [0.3, 0.4) is 0 Å². The number of amides is 1. The number of carbonyl (C=O) groups is 1. The lowest BCUT2D eigenvalue weighted by Crippen LogP contribution is -2.40. The van der Waals surface area contributed by atoms with Crippen molar-refractivity contribution in [2.45, 2.75) is 38.1 Å². The zero-order valence-corrected chi connectivity index (χ0v) is 22.0. The first kappa shape index (κ1) is 23.8. The molecule has 6 nitrogen and oxygen atoms in total. The molecule has 1 unspecified atom stereocenters. The number of rotatable bonds is 4. The van der Waals surface area contributed by atoms with Gasteiger partial charge in [0.1, 0.15) is 5.69 Å². The Morgan fingerprint density at radius 1 is 1.11 bits per heavy atom. The molecule has 0 aliphatic carbocycles. The number of benzene rings is 2. The topological polar surface area (TPSA) is 51.7 Å². The molecule has 1 atom stereocenters. The lowest BCUT2D eigenvalue weighted by molar-refractivity contribution is 0.0977. The molecule has 2 aliphatic rings. The molecule has 35 heavy (non-hydrogen) atoms. The van der Waals surface area contributed by atoms with Gasteiger partial charge in [-0.15, -0.1) is 11.3 Å². The molecule has 1 N–H and O–H groups in total. The summed E-state index contributed by atoms with van der Waals surface area (Å²) in [6.45, 7) is 3.87. The molecule has 2 aliphatic heterocycles. The number of nitrogens with zero attached hydrogens (tertiary/aromatic N) is 4. The highest BCUT2D eigenvalue weighted by Gasteiger charge is 2.33. The summed E-state index contributed by atoms with van der Waals surface area (Å²) in [4.78, 5) is 24.3. The number of piperidine rings is 1. The summed E-state index contributed by atoms with van der Waals surface area (Å²) in [6.07, 6.45) is 2.85. The summed E-state index contributed by atoms with van der Waals surface area (Å²) in [5, 5.41) is 7.13. The number of aromatic nitrogens is 1. The predicted octanol–water partition coefficient (Wildman–Crippen LogP) is 5.38. The van der Waals surface area contributed by atoms with Gasteiger partial charge in [0.2, 0.25) is 0 Å². The fourth-order valence-electron chi connectivity index (χ4n) is 4.95. The number of thiocarbonyl (C=S) groups is 1. The molecular formula is C27H31N5OS2. The molecule has 0 saturated carbocycles. The van der Waals surface area contributed by atoms with Crippen LogP contribution < -0.4 is 15.1 Å². The van der Waals surface area contributed by atoms with Gasteiger partial charge in [-0.25, -0.2) is 4.98 Å². The lowest BCUT2D eigenvalue weighted by atomic mass is 9.98. The maximum Gasteiger partial charge on any atom is 0.278 e. The van der Waals surface area contributed by atoms with Crippen molar-refractivity contribution in [2.75, 3.05) is 42.3 Å². The van der Waals surface area contributed by atoms with E-state index >= 15 is 0 Å². The van der Waals surface area contributed by atoms with Crippen LogP contribution in [0.4, 0.5) is 17.1 Å². The van der Waals surface area contributed by atoms with E-state index in [0.717, 1.165) is 59.5 Å². The van der Waals surface area contributed by atoms with Gasteiger partial charge in [-0.3, -0.25) is 4.79 Å². The Bertz CT molecular complexity index is 1210. The van der Waals surface area contributed by atoms with Gasteiger partial charge in [0.15, 0.2) is 5.11 Å². The maximum absolute atomic E-state index is 13.3. The first-order valence-electron chi connectivity index (χ1n) is 12.1. The molecule has 1 fully saturated rings. The number of fused-ring (bicyclic) bond motifs is 1. The van der Waals surface area contributed by atoms with Crippen molar-refractivity contribution in [2.24, 2.45) is 0 Å². The van der Waals surface area contributed by atoms with E-state index in [2.05, 4.69) is 52.4 Å². The van der Waals surface area contributed by atoms with Crippen molar-refractivity contribution in [3.8, 4) is 0 Å². The van der Waals surface area contributed by atoms with Gasteiger partial charge in [-0.05, 0) is 74.3 Å². The van der Waals surface area contributed by atoms with Crippen LogP contribution in [0.1, 0.15) is 46.7 Å². The first-order valence-corrected chi connectivity index (χ1v) is 13.4. The van der Waals surface area contributed by atoms with Crippen LogP contribution in [-0.4, -0.2) is 54.1 Å². The average molecular weight is 506 g/mol. The highest BCUT2D eigenvalue weighted by molar-refractivity contribution is 7.80. The van der Waals surface area contributed by atoms with E-state index in [-0.39, 0.29) is 11.9 Å². The largest absolute Gasteiger partial charge is 0.378 e. The smallest absolute Gasteiger partial charge is 0.278 e. The van der Waals surface area contributed by atoms with E-state index in [1.54, 1.807) is 11.3 Å². The normalized spacial score (nSPS) is 17.9. The number of hydrogen-bond donors (Lipinski definition) is 1. The molecule has 0 spiro atoms. The second-order valence-corrected chi connectivity index (χ2v) is 10.8. The van der Waals surface area contributed by atoms with Crippen LogP contribution >= 0.6 is 23.6 Å². The SMILES string of the molecule is CC1Cc2ccccc2N1C(=O)c1csc(C2CCN(C(=S)Nc3ccc(N(C)C)cc3)CC2)n1. The van der Waals surface area contributed by atoms with Gasteiger partial charge in [-0.1, -0.05) is 18.2 Å². The molecule has 0 radical (unpaired) electrons. The van der Waals surface area contributed by atoms with Crippen LogP contribution in [0.5, 0.6) is 0 Å². The van der Waals surface area contributed by atoms with Crippen molar-refractivity contribution < 1.29 is 4.79 Å². The van der Waals surface area contributed by atoms with E-state index in [0.29, 0.717) is 11.6 Å². The molecule has 3 heterocycles. The Hall–Kier alpha value is -2.97. The number of nitrogens with one attached hydrogen (secondary N) is 1. The number of para-hydroxylation sites is 1. The third-order valence-electron chi connectivity index (χ3n) is 6.93. The molecule has 8 heteroatoms. The van der Waals surface area contributed by atoms with Gasteiger partial charge in [-0.2, -0.15) is 0 Å². The molecule has 3 aromatic rings. The van der Waals surface area contributed by atoms with Crippen molar-refractivity contribution >= 4 is 51.6 Å². The van der Waals surface area contributed by atoms with Crippen LogP contribution in [0.25, 0.3) is 0 Å². The summed E-state index contributed by atoms with van der Waals surface area (Å²) in [5.41, 5.74) is 4.98. The molecule has 0 bridgehead atoms. The van der Waals surface area contributed by atoms with E-state index in [4.69, 9.17) is 17.2 Å². The second kappa shape index (κ2) is 9.95. The molecule has 5 rings (SSSR count). The van der Waals surface area contributed by atoms with E-state index in [1.165, 1.54) is 5.56 Å². The van der Waals surface area contributed by atoms with Crippen molar-refractivity contribution in [3.05, 3.63) is 70.2 Å². The van der Waals surface area contributed by atoms with Crippen LogP contribution in [0.2, 0.25) is 0 Å². The first-order chi connectivity index (χ1) is 16.9. The minimum absolute atomic E-state index is 0.00745. The van der Waals surface area contributed by atoms with Crippen molar-refractivity contribution in [1.82, 2.24) is 9.88 Å². The summed E-state index contributed by atoms with van der Waals surface area (Å²) < 4.78 is 0. The zero-order chi connectivity index (χ0) is 24.5. The minimum Gasteiger partial charge on any atom is -0.378 e. The van der Waals surface area contributed by atoms with Gasteiger partial charge in [0.25, 0.3) is 5.91 Å². The van der Waals surface area contributed by atoms with Crippen LogP contribution in [-0.2, 0) is 6.42 Å². The third kappa shape index (κ3) is 4.90. The molecule has 2 aromatic carbocycles. The number of anilines is 3. The molecular weight excluding hydrogens is 474 g/mol. The van der Waals surface area contributed by atoms with Gasteiger partial charge in [0, 0.05) is 61.6 Å². The fourth-order valence-corrected chi connectivity index (χ4v) is 6.21. The monoisotopic (exact) mass is 505 g/mol. The third-order valence-corrected chi connectivity index (χ3v) is 8.30. The number of hydrogen-bond acceptors (Lipinski definition) is 5. The molecule has 1 saturated heterocycles. The van der Waals surface area contributed by atoms with E-state index < -0.39 is 0 Å². The summed E-state index contributed by atoms with van der Waals surface area (Å²) in [7, 11) is 4.06. The van der Waals surface area contributed by atoms with Crippen molar-refractivity contribution in [1.29, 1.82) is 0 Å². The predicted molar refractivity (Wildman–Crippen MR) is 149 cm³/mol. The van der Waals surface area contributed by atoms with Gasteiger partial charge < -0.3 is 20.0 Å². The standard InChI is InChI=1S/C27H31N5OS2/c1-18-16-20-6-4-5-7-24(20)32(18)26(33)23-17-35-25(29-23)19-12-14-31(15-13-19)27(34)28-21-8-10-22(11-9-21)30(2)3/h4-11,17-19H,12-16H2,1-3H3,(H,28,34). The van der Waals surface area contributed by atoms with Crippen LogP contribution in [0.15, 0.2) is 53.9 Å². The van der Waals surface area contributed by atoms with E-state index in [1.807, 2.05) is 42.6 Å². The lowest BCUT2D eigenvalue weighted by Gasteiger charge is -2.33. The quantitative estimate of drug-likeness (QED) is 0.481. The Labute approximate surface area is 216 Å². The molecule has 182 valence electrons. The zero-order valence-electron chi connectivity index (χ0n) is 20.4. The number of thiazole rings is 1. The summed E-state index contributed by atoms with van der Waals surface area (Å²) in [5.74, 6) is 0.372. The second-order valence-electron chi connectivity index (χ2n) is 9.56. The van der Waals surface area contributed by atoms with Gasteiger partial charge in [0.05, 0.1) is 5.01 Å². The van der Waals surface area contributed by atoms with Gasteiger partial charge >= 0.3 is 0 Å². The Morgan fingerprint density at radius 2 is 1.83 bits per heavy atom. The highest BCUT2D eigenvalue weighted by atomic mass is 32.1. The summed E-state index contributed by atoms with van der Waals surface area (Å²) >= 11 is 7.29. The average Bonchev–Trinajstić information content (AvgIpc) is 3.48. The molecule has 1 amide bonds. The molecule has 1 aromatic heterocycles. The minimum atomic E-state index is 0.00745. The van der Waals surface area contributed by atoms with Crippen LogP contribution in [0, 0.1) is 0 Å². The Morgan fingerprint density at radius 3 is 2.54 bits per heavy atom. The van der Waals surface area contributed by atoms with Crippen molar-refractivity contribution in [3.63, 3.8) is 0 Å². The fraction of sp³-hybridized carbons (Fsp3) is 0.370. The Kier molecular flexibility index (Phi) is 6.75.